The monoisotopic (exact) mass is 265 g/mol. The van der Waals surface area contributed by atoms with E-state index in [4.69, 9.17) is 16.6 Å². The van der Waals surface area contributed by atoms with E-state index in [2.05, 4.69) is 9.88 Å². The van der Waals surface area contributed by atoms with E-state index in [1.54, 1.807) is 0 Å². The van der Waals surface area contributed by atoms with Gasteiger partial charge in [0.2, 0.25) is 0 Å². The van der Waals surface area contributed by atoms with Crippen LogP contribution in [0.3, 0.4) is 0 Å². The number of rotatable bonds is 2. The Balaban J connectivity index is 1.80. The number of hydrogen-bond acceptors (Lipinski definition) is 3. The van der Waals surface area contributed by atoms with Crippen molar-refractivity contribution in [1.29, 1.82) is 0 Å². The van der Waals surface area contributed by atoms with Crippen molar-refractivity contribution in [3.05, 3.63) is 17.0 Å². The van der Waals surface area contributed by atoms with Crippen molar-refractivity contribution in [3.63, 3.8) is 0 Å². The third-order valence-electron chi connectivity index (χ3n) is 3.82. The van der Waals surface area contributed by atoms with Crippen molar-refractivity contribution in [3.8, 4) is 0 Å². The lowest BCUT2D eigenvalue weighted by molar-refractivity contribution is 0.553. The molecule has 1 saturated carbocycles. The van der Waals surface area contributed by atoms with Crippen LogP contribution in [0.1, 0.15) is 56.7 Å². The molecule has 0 amide bonds. The van der Waals surface area contributed by atoms with E-state index in [1.165, 1.54) is 44.9 Å². The Bertz CT molecular complexity index is 410. The first kappa shape index (κ1) is 12.2. The first-order valence-corrected chi connectivity index (χ1v) is 7.50. The Morgan fingerprint density at radius 2 is 1.67 bits per heavy atom. The van der Waals surface area contributed by atoms with Gasteiger partial charge in [0, 0.05) is 25.1 Å². The standard InChI is InChI=1S/C14H20ClN3/c15-12-10-13(17-14(16-12)11-6-7-11)18-8-4-2-1-3-5-9-18/h10-11H,1-9H2. The highest BCUT2D eigenvalue weighted by Crippen LogP contribution is 2.39. The number of halogens is 1. The van der Waals surface area contributed by atoms with Gasteiger partial charge in [0.1, 0.15) is 16.8 Å². The van der Waals surface area contributed by atoms with E-state index in [1.807, 2.05) is 6.07 Å². The van der Waals surface area contributed by atoms with E-state index in [0.717, 1.165) is 24.7 Å². The molecule has 2 fully saturated rings. The van der Waals surface area contributed by atoms with Crippen LogP contribution in [0.5, 0.6) is 0 Å². The molecule has 1 aliphatic carbocycles. The molecule has 0 spiro atoms. The molecule has 18 heavy (non-hydrogen) atoms. The fourth-order valence-corrected chi connectivity index (χ4v) is 2.77. The Morgan fingerprint density at radius 1 is 1.00 bits per heavy atom. The summed E-state index contributed by atoms with van der Waals surface area (Å²) in [5.74, 6) is 2.57. The first-order chi connectivity index (χ1) is 8.83. The predicted molar refractivity (Wildman–Crippen MR) is 74.3 cm³/mol. The quantitative estimate of drug-likeness (QED) is 0.762. The highest BCUT2D eigenvalue weighted by atomic mass is 35.5. The summed E-state index contributed by atoms with van der Waals surface area (Å²) in [7, 11) is 0. The lowest BCUT2D eigenvalue weighted by Crippen LogP contribution is -2.28. The summed E-state index contributed by atoms with van der Waals surface area (Å²) >= 11 is 6.14. The molecule has 98 valence electrons. The zero-order valence-corrected chi connectivity index (χ0v) is 11.5. The molecule has 0 bridgehead atoms. The lowest BCUT2D eigenvalue weighted by Gasteiger charge is -2.26. The molecular weight excluding hydrogens is 246 g/mol. The molecule has 2 aliphatic rings. The number of hydrogen-bond donors (Lipinski definition) is 0. The van der Waals surface area contributed by atoms with Gasteiger partial charge < -0.3 is 4.90 Å². The van der Waals surface area contributed by atoms with Crippen LogP contribution < -0.4 is 4.90 Å². The zero-order valence-electron chi connectivity index (χ0n) is 10.7. The van der Waals surface area contributed by atoms with Gasteiger partial charge in [-0.1, -0.05) is 30.9 Å². The maximum atomic E-state index is 6.14. The van der Waals surface area contributed by atoms with Crippen molar-refractivity contribution < 1.29 is 0 Å². The van der Waals surface area contributed by atoms with Crippen LogP contribution in [-0.2, 0) is 0 Å². The van der Waals surface area contributed by atoms with Crippen molar-refractivity contribution in [1.82, 2.24) is 9.97 Å². The first-order valence-electron chi connectivity index (χ1n) is 7.12. The topological polar surface area (TPSA) is 29.0 Å². The molecule has 0 radical (unpaired) electrons. The Kier molecular flexibility index (Phi) is 3.69. The molecule has 1 aliphatic heterocycles. The summed E-state index contributed by atoms with van der Waals surface area (Å²) in [6.45, 7) is 2.22. The van der Waals surface area contributed by atoms with Gasteiger partial charge in [0.05, 0.1) is 0 Å². The van der Waals surface area contributed by atoms with Crippen LogP contribution in [0.15, 0.2) is 6.07 Å². The van der Waals surface area contributed by atoms with Crippen molar-refractivity contribution in [2.75, 3.05) is 18.0 Å². The Hall–Kier alpha value is -0.830. The maximum absolute atomic E-state index is 6.14. The third kappa shape index (κ3) is 2.94. The molecule has 4 heteroatoms. The number of anilines is 1. The van der Waals surface area contributed by atoms with Crippen molar-refractivity contribution in [2.24, 2.45) is 0 Å². The Labute approximate surface area is 114 Å². The van der Waals surface area contributed by atoms with Crippen LogP contribution in [0.4, 0.5) is 5.82 Å². The van der Waals surface area contributed by atoms with Gasteiger partial charge in [-0.3, -0.25) is 0 Å². The third-order valence-corrected chi connectivity index (χ3v) is 4.01. The van der Waals surface area contributed by atoms with E-state index >= 15 is 0 Å². The van der Waals surface area contributed by atoms with E-state index in [9.17, 15) is 0 Å². The van der Waals surface area contributed by atoms with Crippen LogP contribution in [0, 0.1) is 0 Å². The fraction of sp³-hybridized carbons (Fsp3) is 0.714. The second kappa shape index (κ2) is 5.43. The average molecular weight is 266 g/mol. The number of nitrogens with zero attached hydrogens (tertiary/aromatic N) is 3. The summed E-state index contributed by atoms with van der Waals surface area (Å²) in [6.07, 6.45) is 9.03. The molecule has 1 saturated heterocycles. The van der Waals surface area contributed by atoms with E-state index in [-0.39, 0.29) is 0 Å². The van der Waals surface area contributed by atoms with Gasteiger partial charge in [-0.25, -0.2) is 9.97 Å². The molecule has 0 N–H and O–H groups in total. The van der Waals surface area contributed by atoms with Gasteiger partial charge in [-0.15, -0.1) is 0 Å². The van der Waals surface area contributed by atoms with Gasteiger partial charge >= 0.3 is 0 Å². The van der Waals surface area contributed by atoms with Crippen molar-refractivity contribution in [2.45, 2.75) is 50.9 Å². The summed E-state index contributed by atoms with van der Waals surface area (Å²) in [6, 6.07) is 1.93. The van der Waals surface area contributed by atoms with Gasteiger partial charge in [-0.05, 0) is 25.7 Å². The maximum Gasteiger partial charge on any atom is 0.135 e. The average Bonchev–Trinajstić information content (AvgIpc) is 3.11. The normalized spacial score (nSPS) is 21.5. The molecule has 1 aromatic heterocycles. The van der Waals surface area contributed by atoms with E-state index < -0.39 is 0 Å². The molecule has 2 heterocycles. The van der Waals surface area contributed by atoms with Crippen LogP contribution >= 0.6 is 11.6 Å². The zero-order chi connectivity index (χ0) is 12.4. The SMILES string of the molecule is Clc1cc(N2CCCCCCC2)nc(C2CC2)n1. The summed E-state index contributed by atoms with van der Waals surface area (Å²) in [4.78, 5) is 11.5. The summed E-state index contributed by atoms with van der Waals surface area (Å²) in [5.41, 5.74) is 0. The molecule has 0 unspecified atom stereocenters. The second-order valence-electron chi connectivity index (χ2n) is 5.44. The van der Waals surface area contributed by atoms with Gasteiger partial charge in [0.15, 0.2) is 0 Å². The minimum atomic E-state index is 0.567. The summed E-state index contributed by atoms with van der Waals surface area (Å²) in [5, 5.41) is 0.601. The van der Waals surface area contributed by atoms with Gasteiger partial charge in [0.25, 0.3) is 0 Å². The second-order valence-corrected chi connectivity index (χ2v) is 5.82. The molecule has 0 aromatic carbocycles. The molecule has 1 aromatic rings. The van der Waals surface area contributed by atoms with Crippen LogP contribution in [0.25, 0.3) is 0 Å². The minimum absolute atomic E-state index is 0.567. The molecule has 3 rings (SSSR count). The van der Waals surface area contributed by atoms with Crippen molar-refractivity contribution >= 4 is 17.4 Å². The van der Waals surface area contributed by atoms with E-state index in [0.29, 0.717) is 11.1 Å². The van der Waals surface area contributed by atoms with Crippen LogP contribution in [-0.4, -0.2) is 23.1 Å². The largest absolute Gasteiger partial charge is 0.356 e. The fourth-order valence-electron chi connectivity index (χ4n) is 2.59. The highest BCUT2D eigenvalue weighted by Gasteiger charge is 2.27. The molecule has 3 nitrogen and oxygen atoms in total. The van der Waals surface area contributed by atoms with Gasteiger partial charge in [-0.2, -0.15) is 0 Å². The van der Waals surface area contributed by atoms with Crippen LogP contribution in [0.2, 0.25) is 5.15 Å². The molecule has 0 atom stereocenters. The smallest absolute Gasteiger partial charge is 0.135 e. The Morgan fingerprint density at radius 3 is 2.33 bits per heavy atom. The highest BCUT2D eigenvalue weighted by molar-refractivity contribution is 6.29. The predicted octanol–water partition coefficient (Wildman–Crippen LogP) is 3.78. The minimum Gasteiger partial charge on any atom is -0.356 e. The number of aromatic nitrogens is 2. The molecular formula is C14H20ClN3. The summed E-state index contributed by atoms with van der Waals surface area (Å²) < 4.78 is 0. The lowest BCUT2D eigenvalue weighted by atomic mass is 10.1.